The van der Waals surface area contributed by atoms with Crippen LogP contribution in [0.5, 0.6) is 0 Å². The van der Waals surface area contributed by atoms with Crippen LogP contribution in [0.25, 0.3) is 0 Å². The summed E-state index contributed by atoms with van der Waals surface area (Å²) in [4.78, 5) is 4.19. The van der Waals surface area contributed by atoms with Gasteiger partial charge < -0.3 is 5.32 Å². The Morgan fingerprint density at radius 1 is 1.40 bits per heavy atom. The lowest BCUT2D eigenvalue weighted by atomic mass is 10.0. The molecule has 76 valence electrons. The van der Waals surface area contributed by atoms with Crippen molar-refractivity contribution in [2.24, 2.45) is 0 Å². The lowest BCUT2D eigenvalue weighted by Gasteiger charge is -2.19. The van der Waals surface area contributed by atoms with E-state index in [-0.39, 0.29) is 0 Å². The van der Waals surface area contributed by atoms with E-state index >= 15 is 0 Å². The van der Waals surface area contributed by atoms with Gasteiger partial charge in [-0.1, -0.05) is 18.2 Å². The summed E-state index contributed by atoms with van der Waals surface area (Å²) >= 11 is 0. The molecule has 0 fully saturated rings. The van der Waals surface area contributed by atoms with Crippen LogP contribution in [0, 0.1) is 11.3 Å². The zero-order valence-electron chi connectivity index (χ0n) is 8.48. The molecule has 1 aliphatic carbocycles. The van der Waals surface area contributed by atoms with E-state index in [1.54, 1.807) is 6.07 Å². The quantitative estimate of drug-likeness (QED) is 0.744. The van der Waals surface area contributed by atoms with Crippen LogP contribution in [0.3, 0.4) is 0 Å². The van der Waals surface area contributed by atoms with E-state index in [9.17, 15) is 0 Å². The molecule has 0 amide bonds. The SMILES string of the molecule is N#Cc1cccc(NC2CC=CCC2)n1. The van der Waals surface area contributed by atoms with Gasteiger partial charge in [-0.05, 0) is 31.4 Å². The highest BCUT2D eigenvalue weighted by Gasteiger charge is 2.09. The third-order valence-electron chi connectivity index (χ3n) is 2.48. The van der Waals surface area contributed by atoms with Gasteiger partial charge in [-0.15, -0.1) is 0 Å². The molecule has 1 N–H and O–H groups in total. The standard InChI is InChI=1S/C12H13N3/c13-9-11-7-4-8-12(15-11)14-10-5-2-1-3-6-10/h1-2,4,7-8,10H,3,5-6H2,(H,14,15). The second kappa shape index (κ2) is 4.61. The summed E-state index contributed by atoms with van der Waals surface area (Å²) in [6.45, 7) is 0. The molecular formula is C12H13N3. The first-order chi connectivity index (χ1) is 7.38. The predicted molar refractivity (Wildman–Crippen MR) is 59.4 cm³/mol. The molecule has 2 rings (SSSR count). The van der Waals surface area contributed by atoms with Gasteiger partial charge in [0.1, 0.15) is 17.6 Å². The van der Waals surface area contributed by atoms with Crippen molar-refractivity contribution in [3.05, 3.63) is 36.0 Å². The van der Waals surface area contributed by atoms with Crippen LogP contribution in [0.4, 0.5) is 5.82 Å². The molecule has 0 aromatic carbocycles. The molecule has 0 spiro atoms. The fraction of sp³-hybridized carbons (Fsp3) is 0.333. The number of aromatic nitrogens is 1. The lowest BCUT2D eigenvalue weighted by molar-refractivity contribution is 0.642. The van der Waals surface area contributed by atoms with Crippen LogP contribution in [0.1, 0.15) is 25.0 Å². The summed E-state index contributed by atoms with van der Waals surface area (Å²) in [5.74, 6) is 0.800. The molecule has 0 aliphatic heterocycles. The number of hydrogen-bond donors (Lipinski definition) is 1. The Kier molecular flexibility index (Phi) is 2.99. The maximum atomic E-state index is 8.72. The summed E-state index contributed by atoms with van der Waals surface area (Å²) in [5.41, 5.74) is 0.464. The molecule has 1 aliphatic rings. The van der Waals surface area contributed by atoms with Crippen LogP contribution in [-0.4, -0.2) is 11.0 Å². The average Bonchev–Trinajstić information content (AvgIpc) is 2.31. The molecule has 15 heavy (non-hydrogen) atoms. The molecule has 1 aromatic rings. The van der Waals surface area contributed by atoms with Crippen molar-refractivity contribution in [1.82, 2.24) is 4.98 Å². The highest BCUT2D eigenvalue weighted by atomic mass is 15.0. The maximum Gasteiger partial charge on any atom is 0.142 e. The highest BCUT2D eigenvalue weighted by Crippen LogP contribution is 2.15. The van der Waals surface area contributed by atoms with Crippen LogP contribution < -0.4 is 5.32 Å². The topological polar surface area (TPSA) is 48.7 Å². The van der Waals surface area contributed by atoms with E-state index in [1.165, 1.54) is 0 Å². The van der Waals surface area contributed by atoms with E-state index in [4.69, 9.17) is 5.26 Å². The number of nitrogens with zero attached hydrogens (tertiary/aromatic N) is 2. The maximum absolute atomic E-state index is 8.72. The van der Waals surface area contributed by atoms with Gasteiger partial charge in [0.2, 0.25) is 0 Å². The van der Waals surface area contributed by atoms with Gasteiger partial charge in [0.05, 0.1) is 0 Å². The van der Waals surface area contributed by atoms with Crippen molar-refractivity contribution in [2.45, 2.75) is 25.3 Å². The molecule has 1 aromatic heterocycles. The monoisotopic (exact) mass is 199 g/mol. The van der Waals surface area contributed by atoms with E-state index in [1.807, 2.05) is 18.2 Å². The van der Waals surface area contributed by atoms with E-state index < -0.39 is 0 Å². The Balaban J connectivity index is 2.04. The Morgan fingerprint density at radius 3 is 3.07 bits per heavy atom. The third-order valence-corrected chi connectivity index (χ3v) is 2.48. The molecule has 3 nitrogen and oxygen atoms in total. The van der Waals surface area contributed by atoms with Gasteiger partial charge >= 0.3 is 0 Å². The molecule has 1 heterocycles. The van der Waals surface area contributed by atoms with Crippen molar-refractivity contribution in [1.29, 1.82) is 5.26 Å². The Labute approximate surface area is 89.5 Å². The van der Waals surface area contributed by atoms with Crippen LogP contribution >= 0.6 is 0 Å². The number of rotatable bonds is 2. The summed E-state index contributed by atoms with van der Waals surface area (Å²) in [6, 6.07) is 7.96. The van der Waals surface area contributed by atoms with Gasteiger partial charge in [0, 0.05) is 6.04 Å². The van der Waals surface area contributed by atoms with E-state index in [0.29, 0.717) is 11.7 Å². The second-order valence-corrected chi connectivity index (χ2v) is 3.65. The average molecular weight is 199 g/mol. The third kappa shape index (κ3) is 2.57. The second-order valence-electron chi connectivity index (χ2n) is 3.65. The van der Waals surface area contributed by atoms with E-state index in [0.717, 1.165) is 25.1 Å². The van der Waals surface area contributed by atoms with Gasteiger partial charge in [0.25, 0.3) is 0 Å². The zero-order chi connectivity index (χ0) is 10.5. The number of nitriles is 1. The summed E-state index contributed by atoms with van der Waals surface area (Å²) < 4.78 is 0. The molecule has 1 unspecified atom stereocenters. The van der Waals surface area contributed by atoms with Crippen LogP contribution in [-0.2, 0) is 0 Å². The van der Waals surface area contributed by atoms with Crippen molar-refractivity contribution in [3.8, 4) is 6.07 Å². The highest BCUT2D eigenvalue weighted by molar-refractivity contribution is 5.39. The fourth-order valence-corrected chi connectivity index (χ4v) is 1.71. The van der Waals surface area contributed by atoms with Gasteiger partial charge in [-0.25, -0.2) is 4.98 Å². The number of nitrogens with one attached hydrogen (secondary N) is 1. The lowest BCUT2D eigenvalue weighted by Crippen LogP contribution is -2.20. The molecule has 1 atom stereocenters. The summed E-state index contributed by atoms with van der Waals surface area (Å²) in [7, 11) is 0. The minimum absolute atomic E-state index is 0.455. The molecule has 0 radical (unpaired) electrons. The largest absolute Gasteiger partial charge is 0.367 e. The molecular weight excluding hydrogens is 186 g/mol. The fourth-order valence-electron chi connectivity index (χ4n) is 1.71. The molecule has 0 saturated carbocycles. The number of anilines is 1. The summed E-state index contributed by atoms with van der Waals surface area (Å²) in [6.07, 6.45) is 7.69. The molecule has 3 heteroatoms. The number of pyridine rings is 1. The smallest absolute Gasteiger partial charge is 0.142 e. The van der Waals surface area contributed by atoms with Crippen LogP contribution in [0.15, 0.2) is 30.4 Å². The Bertz CT molecular complexity index is 404. The summed E-state index contributed by atoms with van der Waals surface area (Å²) in [5, 5.41) is 12.1. The van der Waals surface area contributed by atoms with Gasteiger partial charge in [0.15, 0.2) is 0 Å². The minimum Gasteiger partial charge on any atom is -0.367 e. The van der Waals surface area contributed by atoms with Gasteiger partial charge in [-0.2, -0.15) is 5.26 Å². The van der Waals surface area contributed by atoms with Crippen molar-refractivity contribution >= 4 is 5.82 Å². The van der Waals surface area contributed by atoms with Crippen LogP contribution in [0.2, 0.25) is 0 Å². The predicted octanol–water partition coefficient (Wildman–Crippen LogP) is 2.47. The Morgan fingerprint density at radius 2 is 2.33 bits per heavy atom. The number of hydrogen-bond acceptors (Lipinski definition) is 3. The number of allylic oxidation sites excluding steroid dienone is 1. The van der Waals surface area contributed by atoms with Crippen molar-refractivity contribution in [3.63, 3.8) is 0 Å². The van der Waals surface area contributed by atoms with Crippen molar-refractivity contribution < 1.29 is 0 Å². The first-order valence-corrected chi connectivity index (χ1v) is 5.17. The Hall–Kier alpha value is -1.82. The normalized spacial score (nSPS) is 19.5. The zero-order valence-corrected chi connectivity index (χ0v) is 8.48. The van der Waals surface area contributed by atoms with Gasteiger partial charge in [-0.3, -0.25) is 0 Å². The van der Waals surface area contributed by atoms with Crippen molar-refractivity contribution in [2.75, 3.05) is 5.32 Å². The first-order valence-electron chi connectivity index (χ1n) is 5.17. The molecule has 0 saturated heterocycles. The minimum atomic E-state index is 0.455. The molecule has 0 bridgehead atoms. The first kappa shape index (κ1) is 9.72. The van der Waals surface area contributed by atoms with E-state index in [2.05, 4.69) is 22.5 Å².